The first kappa shape index (κ1) is 16.9. The number of hydrogen-bond acceptors (Lipinski definition) is 5. The van der Waals surface area contributed by atoms with Crippen LogP contribution in [0.15, 0.2) is 0 Å². The maximum absolute atomic E-state index is 10.0. The summed E-state index contributed by atoms with van der Waals surface area (Å²) in [5, 5.41) is 13.2. The quantitative estimate of drug-likeness (QED) is 0.635. The summed E-state index contributed by atoms with van der Waals surface area (Å²) in [4.78, 5) is 2.35. The second kappa shape index (κ2) is 9.66. The summed E-state index contributed by atoms with van der Waals surface area (Å²) in [7, 11) is 3.66. The van der Waals surface area contributed by atoms with Gasteiger partial charge in [-0.25, -0.2) is 0 Å². The molecule has 1 fully saturated rings. The maximum Gasteiger partial charge on any atom is 0.0900 e. The standard InChI is InChI=1S/C14H30N2O3/c1-12(10-18-3)19-11-14(17)9-16-6-4-5-13(8-16)7-15-2/h12-15,17H,4-11H2,1-3H3. The summed E-state index contributed by atoms with van der Waals surface area (Å²) < 4.78 is 10.5. The van der Waals surface area contributed by atoms with Crippen LogP contribution in [0.2, 0.25) is 0 Å². The molecule has 0 spiro atoms. The monoisotopic (exact) mass is 274 g/mol. The van der Waals surface area contributed by atoms with Crippen LogP contribution in [0.1, 0.15) is 19.8 Å². The number of rotatable bonds is 9. The molecule has 1 aliphatic heterocycles. The van der Waals surface area contributed by atoms with Gasteiger partial charge in [0.05, 0.1) is 25.4 Å². The Hall–Kier alpha value is -0.200. The number of aliphatic hydroxyl groups excluding tert-OH is 1. The zero-order valence-corrected chi connectivity index (χ0v) is 12.6. The highest BCUT2D eigenvalue weighted by molar-refractivity contribution is 4.76. The molecule has 1 rings (SSSR count). The van der Waals surface area contributed by atoms with Gasteiger partial charge in [-0.05, 0) is 45.8 Å². The van der Waals surface area contributed by atoms with Gasteiger partial charge in [0.15, 0.2) is 0 Å². The minimum atomic E-state index is -0.410. The van der Waals surface area contributed by atoms with Crippen LogP contribution in [0.4, 0.5) is 0 Å². The van der Waals surface area contributed by atoms with Gasteiger partial charge in [-0.3, -0.25) is 0 Å². The zero-order valence-electron chi connectivity index (χ0n) is 12.6. The van der Waals surface area contributed by atoms with E-state index < -0.39 is 6.10 Å². The van der Waals surface area contributed by atoms with Crippen molar-refractivity contribution in [3.05, 3.63) is 0 Å². The summed E-state index contributed by atoms with van der Waals surface area (Å²) >= 11 is 0. The van der Waals surface area contributed by atoms with Crippen molar-refractivity contribution in [3.8, 4) is 0 Å². The molecule has 0 aliphatic carbocycles. The van der Waals surface area contributed by atoms with Gasteiger partial charge in [0, 0.05) is 20.2 Å². The molecule has 0 aromatic rings. The fraction of sp³-hybridized carbons (Fsp3) is 1.00. The fourth-order valence-electron chi connectivity index (χ4n) is 2.68. The van der Waals surface area contributed by atoms with Crippen molar-refractivity contribution in [2.75, 3.05) is 53.6 Å². The first-order valence-electron chi connectivity index (χ1n) is 7.31. The minimum absolute atomic E-state index is 0.0399. The van der Waals surface area contributed by atoms with Gasteiger partial charge in [0.25, 0.3) is 0 Å². The Balaban J connectivity index is 2.18. The van der Waals surface area contributed by atoms with Crippen molar-refractivity contribution in [1.82, 2.24) is 10.2 Å². The lowest BCUT2D eigenvalue weighted by Crippen LogP contribution is -2.43. The molecule has 0 saturated carbocycles. The lowest BCUT2D eigenvalue weighted by molar-refractivity contribution is -0.0422. The lowest BCUT2D eigenvalue weighted by atomic mass is 9.98. The molecule has 19 heavy (non-hydrogen) atoms. The van der Waals surface area contributed by atoms with E-state index in [1.165, 1.54) is 12.8 Å². The highest BCUT2D eigenvalue weighted by Gasteiger charge is 2.21. The van der Waals surface area contributed by atoms with Crippen LogP contribution in [-0.4, -0.2) is 75.8 Å². The fourth-order valence-corrected chi connectivity index (χ4v) is 2.68. The number of hydrogen-bond donors (Lipinski definition) is 2. The highest BCUT2D eigenvalue weighted by atomic mass is 16.5. The minimum Gasteiger partial charge on any atom is -0.389 e. The van der Waals surface area contributed by atoms with Crippen LogP contribution >= 0.6 is 0 Å². The largest absolute Gasteiger partial charge is 0.389 e. The second-order valence-electron chi connectivity index (χ2n) is 5.58. The van der Waals surface area contributed by atoms with E-state index in [2.05, 4.69) is 10.2 Å². The molecule has 0 amide bonds. The van der Waals surface area contributed by atoms with E-state index in [1.54, 1.807) is 7.11 Å². The molecule has 1 saturated heterocycles. The lowest BCUT2D eigenvalue weighted by Gasteiger charge is -2.34. The van der Waals surface area contributed by atoms with Crippen molar-refractivity contribution in [2.24, 2.45) is 5.92 Å². The average molecular weight is 274 g/mol. The third kappa shape index (κ3) is 7.22. The normalized spacial score (nSPS) is 24.3. The number of aliphatic hydroxyl groups is 1. The third-order valence-electron chi connectivity index (χ3n) is 3.54. The average Bonchev–Trinajstić information content (AvgIpc) is 2.38. The SMILES string of the molecule is CNCC1CCCN(CC(O)COC(C)COC)C1. The van der Waals surface area contributed by atoms with E-state index >= 15 is 0 Å². The van der Waals surface area contributed by atoms with Crippen LogP contribution in [0.3, 0.4) is 0 Å². The first-order chi connectivity index (χ1) is 9.15. The van der Waals surface area contributed by atoms with Gasteiger partial charge >= 0.3 is 0 Å². The number of nitrogens with zero attached hydrogens (tertiary/aromatic N) is 1. The van der Waals surface area contributed by atoms with E-state index in [-0.39, 0.29) is 6.10 Å². The molecule has 1 aliphatic rings. The topological polar surface area (TPSA) is 54.0 Å². The van der Waals surface area contributed by atoms with Crippen LogP contribution in [0.25, 0.3) is 0 Å². The smallest absolute Gasteiger partial charge is 0.0900 e. The van der Waals surface area contributed by atoms with Gasteiger partial charge in [-0.2, -0.15) is 0 Å². The van der Waals surface area contributed by atoms with E-state index in [0.29, 0.717) is 25.7 Å². The van der Waals surface area contributed by atoms with Crippen molar-refractivity contribution in [3.63, 3.8) is 0 Å². The summed E-state index contributed by atoms with van der Waals surface area (Å²) in [6, 6.07) is 0. The Bertz CT molecular complexity index is 227. The van der Waals surface area contributed by atoms with Gasteiger partial charge in [0.2, 0.25) is 0 Å². The predicted molar refractivity (Wildman–Crippen MR) is 76.4 cm³/mol. The molecule has 0 bridgehead atoms. The van der Waals surface area contributed by atoms with Gasteiger partial charge in [0.1, 0.15) is 0 Å². The van der Waals surface area contributed by atoms with Gasteiger partial charge < -0.3 is 24.8 Å². The summed E-state index contributed by atoms with van der Waals surface area (Å²) in [6.07, 6.45) is 2.14. The van der Waals surface area contributed by atoms with E-state index in [4.69, 9.17) is 9.47 Å². The van der Waals surface area contributed by atoms with Crippen LogP contribution in [0, 0.1) is 5.92 Å². The molecular formula is C14H30N2O3. The van der Waals surface area contributed by atoms with Crippen molar-refractivity contribution in [1.29, 1.82) is 0 Å². The maximum atomic E-state index is 10.0. The molecular weight excluding hydrogens is 244 g/mol. The van der Waals surface area contributed by atoms with Gasteiger partial charge in [-0.1, -0.05) is 0 Å². The van der Waals surface area contributed by atoms with Crippen LogP contribution in [-0.2, 0) is 9.47 Å². The highest BCUT2D eigenvalue weighted by Crippen LogP contribution is 2.15. The second-order valence-corrected chi connectivity index (χ2v) is 5.58. The number of ether oxygens (including phenoxy) is 2. The van der Waals surface area contributed by atoms with E-state index in [9.17, 15) is 5.11 Å². The van der Waals surface area contributed by atoms with Crippen molar-refractivity contribution in [2.45, 2.75) is 32.0 Å². The molecule has 1 heterocycles. The predicted octanol–water partition coefficient (Wildman–Crippen LogP) is 0.330. The Morgan fingerprint density at radius 3 is 2.89 bits per heavy atom. The van der Waals surface area contributed by atoms with E-state index in [0.717, 1.165) is 19.6 Å². The number of β-amino-alcohol motifs (C(OH)–C–C–N with tert-alkyl or cyclic N) is 1. The molecule has 5 heteroatoms. The van der Waals surface area contributed by atoms with Crippen LogP contribution in [0.5, 0.6) is 0 Å². The summed E-state index contributed by atoms with van der Waals surface area (Å²) in [5.74, 6) is 0.708. The molecule has 0 aromatic carbocycles. The summed E-state index contributed by atoms with van der Waals surface area (Å²) in [5.41, 5.74) is 0. The third-order valence-corrected chi connectivity index (χ3v) is 3.54. The Morgan fingerprint density at radius 2 is 2.21 bits per heavy atom. The number of likely N-dealkylation sites (tertiary alicyclic amines) is 1. The molecule has 0 radical (unpaired) electrons. The Kier molecular flexibility index (Phi) is 8.57. The Labute approximate surface area is 117 Å². The Morgan fingerprint density at radius 1 is 1.42 bits per heavy atom. The first-order valence-corrected chi connectivity index (χ1v) is 7.31. The van der Waals surface area contributed by atoms with Crippen LogP contribution < -0.4 is 5.32 Å². The zero-order chi connectivity index (χ0) is 14.1. The number of nitrogens with one attached hydrogen (secondary N) is 1. The summed E-state index contributed by atoms with van der Waals surface area (Å²) in [6.45, 7) is 6.85. The number of piperidine rings is 1. The molecule has 5 nitrogen and oxygen atoms in total. The van der Waals surface area contributed by atoms with E-state index in [1.807, 2.05) is 14.0 Å². The van der Waals surface area contributed by atoms with Crippen molar-refractivity contribution >= 4 is 0 Å². The van der Waals surface area contributed by atoms with Gasteiger partial charge in [-0.15, -0.1) is 0 Å². The molecule has 114 valence electrons. The number of methoxy groups -OCH3 is 1. The molecule has 2 N–H and O–H groups in total. The molecule has 0 aromatic heterocycles. The van der Waals surface area contributed by atoms with Crippen molar-refractivity contribution < 1.29 is 14.6 Å². The molecule has 3 atom stereocenters. The molecule has 3 unspecified atom stereocenters.